The van der Waals surface area contributed by atoms with Crippen LogP contribution in [0.2, 0.25) is 0 Å². The summed E-state index contributed by atoms with van der Waals surface area (Å²) in [5.74, 6) is -0.458. The molecule has 0 aliphatic carbocycles. The minimum Gasteiger partial charge on any atom is -0.486 e. The maximum Gasteiger partial charge on any atom is 0.445 e. The number of benzene rings is 2. The highest BCUT2D eigenvalue weighted by Crippen LogP contribution is 2.37. The van der Waals surface area contributed by atoms with Crippen molar-refractivity contribution in [3.8, 4) is 5.75 Å². The van der Waals surface area contributed by atoms with E-state index < -0.39 is 27.2 Å². The van der Waals surface area contributed by atoms with Crippen LogP contribution in [-0.4, -0.2) is 36.6 Å². The van der Waals surface area contributed by atoms with Crippen molar-refractivity contribution < 1.29 is 27.1 Å². The van der Waals surface area contributed by atoms with Gasteiger partial charge in [0.05, 0.1) is 12.2 Å². The molecule has 2 aromatic carbocycles. The molecule has 0 unspecified atom stereocenters. The van der Waals surface area contributed by atoms with Crippen molar-refractivity contribution in [3.05, 3.63) is 76.6 Å². The molecule has 2 heterocycles. The van der Waals surface area contributed by atoms with Crippen molar-refractivity contribution in [2.24, 2.45) is 5.92 Å². The largest absolute Gasteiger partial charge is 0.486 e. The number of hydrogen-bond acceptors (Lipinski definition) is 8. The Bertz CT molecular complexity index is 1250. The van der Waals surface area contributed by atoms with Crippen molar-refractivity contribution in [2.75, 3.05) is 10.8 Å². The summed E-state index contributed by atoms with van der Waals surface area (Å²) in [6.45, 7) is 1.53. The van der Waals surface area contributed by atoms with E-state index in [-0.39, 0.29) is 37.1 Å². The predicted octanol–water partition coefficient (Wildman–Crippen LogP) is 2.48. The summed E-state index contributed by atoms with van der Waals surface area (Å²) in [4.78, 5) is 23.7. The number of hydrogen-bond donors (Lipinski definition) is 1. The molecule has 1 N–H and O–H groups in total. The van der Waals surface area contributed by atoms with Crippen LogP contribution in [0.4, 0.5) is 10.5 Å². The maximum atomic E-state index is 13.1. The first-order valence-electron chi connectivity index (χ1n) is 9.88. The fraction of sp³-hybridized carbons (Fsp3) is 0.286. The lowest BCUT2D eigenvalue weighted by Gasteiger charge is -2.36. The number of nitrogens with zero attached hydrogens (tertiary/aromatic N) is 2. The van der Waals surface area contributed by atoms with Crippen LogP contribution in [0.3, 0.4) is 0 Å². The number of carbonyl (C=O) groups excluding carboxylic acids is 1. The number of anilines is 1. The number of fused-ring (bicyclic) bond motifs is 1. The lowest BCUT2D eigenvalue weighted by atomic mass is 9.99. The number of H-pyrrole nitrogens is 1. The molecule has 0 saturated carbocycles. The van der Waals surface area contributed by atoms with Crippen LogP contribution in [0.1, 0.15) is 18.4 Å². The highest BCUT2D eigenvalue weighted by Gasteiger charge is 2.40. The third-order valence-corrected chi connectivity index (χ3v) is 6.54. The number of nitrogens with one attached hydrogen (secondary N) is 1. The summed E-state index contributed by atoms with van der Waals surface area (Å²) >= 11 is 0. The van der Waals surface area contributed by atoms with E-state index in [0.717, 1.165) is 4.31 Å². The van der Waals surface area contributed by atoms with E-state index in [1.807, 2.05) is 13.0 Å². The van der Waals surface area contributed by atoms with Crippen LogP contribution < -0.4 is 14.8 Å². The molecule has 1 aliphatic heterocycles. The monoisotopic (exact) mass is 459 g/mol. The average molecular weight is 459 g/mol. The van der Waals surface area contributed by atoms with Gasteiger partial charge in [-0.1, -0.05) is 49.4 Å². The van der Waals surface area contributed by atoms with Crippen LogP contribution in [0.25, 0.3) is 0 Å². The molecule has 168 valence electrons. The van der Waals surface area contributed by atoms with Crippen molar-refractivity contribution in [1.29, 1.82) is 0 Å². The Morgan fingerprint density at radius 1 is 1.22 bits per heavy atom. The Labute approximate surface area is 183 Å². The highest BCUT2D eigenvalue weighted by atomic mass is 32.2. The van der Waals surface area contributed by atoms with Crippen molar-refractivity contribution >= 4 is 21.0 Å². The van der Waals surface area contributed by atoms with E-state index in [4.69, 9.17) is 13.9 Å². The smallest absolute Gasteiger partial charge is 0.445 e. The molecule has 32 heavy (non-hydrogen) atoms. The molecular formula is C21H21N3O7S. The standard InChI is InChI=1S/C21H21N3O7S/c1-14(11-19-22-23-20(25)31-19)18-12-24(16-9-5-6-10-17(16)30-18)32(27,28)21(26)29-13-15-7-3-2-4-8-15/h2-10,14,18H,11-13H2,1H3,(H,23,25)/t14-,18+/m0/s1. The van der Waals surface area contributed by atoms with Gasteiger partial charge >= 0.3 is 21.1 Å². The average Bonchev–Trinajstić information content (AvgIpc) is 3.21. The molecule has 1 aromatic heterocycles. The van der Waals surface area contributed by atoms with E-state index >= 15 is 0 Å². The number of rotatable bonds is 6. The molecule has 0 amide bonds. The summed E-state index contributed by atoms with van der Waals surface area (Å²) in [6.07, 6.45) is -0.388. The third-order valence-electron chi connectivity index (χ3n) is 5.07. The molecule has 0 spiro atoms. The van der Waals surface area contributed by atoms with Gasteiger partial charge in [0.1, 0.15) is 18.5 Å². The minimum absolute atomic E-state index is 0.115. The second kappa shape index (κ2) is 8.87. The summed E-state index contributed by atoms with van der Waals surface area (Å²) in [7, 11) is -4.48. The predicted molar refractivity (Wildman–Crippen MR) is 114 cm³/mol. The molecule has 4 rings (SSSR count). The van der Waals surface area contributed by atoms with Gasteiger partial charge in [0.25, 0.3) is 0 Å². The van der Waals surface area contributed by atoms with Gasteiger partial charge in [-0.15, -0.1) is 5.10 Å². The second-order valence-corrected chi connectivity index (χ2v) is 9.10. The van der Waals surface area contributed by atoms with E-state index in [2.05, 4.69) is 10.2 Å². The Morgan fingerprint density at radius 3 is 2.66 bits per heavy atom. The fourth-order valence-corrected chi connectivity index (χ4v) is 4.53. The van der Waals surface area contributed by atoms with Crippen molar-refractivity contribution in [2.45, 2.75) is 26.1 Å². The van der Waals surface area contributed by atoms with Gasteiger partial charge in [-0.05, 0) is 17.7 Å². The summed E-state index contributed by atoms with van der Waals surface area (Å²) in [5, 5.41) is 4.62. The molecule has 0 bridgehead atoms. The summed E-state index contributed by atoms with van der Waals surface area (Å²) in [6, 6.07) is 15.4. The lowest BCUT2D eigenvalue weighted by molar-refractivity contribution is 0.137. The molecule has 11 heteroatoms. The molecule has 10 nitrogen and oxygen atoms in total. The number of para-hydroxylation sites is 2. The normalized spacial score (nSPS) is 16.7. The first kappa shape index (κ1) is 21.6. The number of aromatic amines is 1. The van der Waals surface area contributed by atoms with E-state index in [1.54, 1.807) is 48.5 Å². The zero-order chi connectivity index (χ0) is 22.7. The number of sulfonamides is 1. The van der Waals surface area contributed by atoms with Crippen molar-refractivity contribution in [3.63, 3.8) is 0 Å². The summed E-state index contributed by atoms with van der Waals surface area (Å²) < 4.78 is 43.2. The molecular weight excluding hydrogens is 438 g/mol. The number of aromatic nitrogens is 2. The van der Waals surface area contributed by atoms with Gasteiger partial charge in [-0.2, -0.15) is 8.42 Å². The Morgan fingerprint density at radius 2 is 1.94 bits per heavy atom. The maximum absolute atomic E-state index is 13.1. The Hall–Kier alpha value is -3.60. The Kier molecular flexibility index (Phi) is 5.99. The van der Waals surface area contributed by atoms with E-state index in [0.29, 0.717) is 11.3 Å². The highest BCUT2D eigenvalue weighted by molar-refractivity contribution is 8.06. The fourth-order valence-electron chi connectivity index (χ4n) is 3.38. The van der Waals surface area contributed by atoms with E-state index in [9.17, 15) is 18.0 Å². The molecule has 0 fully saturated rings. The van der Waals surface area contributed by atoms with Crippen LogP contribution in [-0.2, 0) is 27.8 Å². The molecule has 3 aromatic rings. The van der Waals surface area contributed by atoms with Crippen molar-refractivity contribution in [1.82, 2.24) is 10.2 Å². The zero-order valence-corrected chi connectivity index (χ0v) is 17.9. The topological polar surface area (TPSA) is 132 Å². The van der Waals surface area contributed by atoms with Gasteiger partial charge in [-0.25, -0.2) is 14.7 Å². The number of ether oxygens (including phenoxy) is 2. The lowest BCUT2D eigenvalue weighted by Crippen LogP contribution is -2.48. The second-order valence-electron chi connectivity index (χ2n) is 7.37. The SMILES string of the molecule is C[C@@H](Cc1n[nH]c(=O)o1)[C@H]1CN(S(=O)(=O)C(=O)OCc2ccccc2)c2ccccc2O1. The molecule has 0 saturated heterocycles. The van der Waals surface area contributed by atoms with Gasteiger partial charge in [0, 0.05) is 12.3 Å². The van der Waals surface area contributed by atoms with Gasteiger partial charge in [0.15, 0.2) is 0 Å². The van der Waals surface area contributed by atoms with Crippen LogP contribution >= 0.6 is 0 Å². The van der Waals surface area contributed by atoms with Gasteiger partial charge < -0.3 is 13.9 Å². The number of carbonyl (C=O) groups is 1. The third kappa shape index (κ3) is 4.52. The van der Waals surface area contributed by atoms with Crippen LogP contribution in [0, 0.1) is 5.92 Å². The van der Waals surface area contributed by atoms with Gasteiger partial charge in [-0.3, -0.25) is 4.31 Å². The van der Waals surface area contributed by atoms with Crippen LogP contribution in [0.15, 0.2) is 63.8 Å². The molecule has 2 atom stereocenters. The van der Waals surface area contributed by atoms with Gasteiger partial charge in [0.2, 0.25) is 5.89 Å². The zero-order valence-electron chi connectivity index (χ0n) is 17.1. The van der Waals surface area contributed by atoms with E-state index in [1.165, 1.54) is 0 Å². The first-order chi connectivity index (χ1) is 15.3. The first-order valence-corrected chi connectivity index (χ1v) is 11.3. The minimum atomic E-state index is -4.48. The quantitative estimate of drug-likeness (QED) is 0.556. The Balaban J connectivity index is 1.55. The molecule has 0 radical (unpaired) electrons. The van der Waals surface area contributed by atoms with Crippen LogP contribution in [0.5, 0.6) is 5.75 Å². The molecule has 1 aliphatic rings. The summed E-state index contributed by atoms with van der Waals surface area (Å²) in [5.41, 5.74) is 0.921.